The van der Waals surface area contributed by atoms with Gasteiger partial charge in [-0.2, -0.15) is 4.39 Å². The summed E-state index contributed by atoms with van der Waals surface area (Å²) in [5, 5.41) is 11.1. The molecule has 28 heavy (non-hydrogen) atoms. The minimum Gasteiger partial charge on any atom is -0.444 e. The lowest BCUT2D eigenvalue weighted by molar-refractivity contribution is -0.422. The number of halogens is 2. The van der Waals surface area contributed by atoms with Gasteiger partial charge in [0.2, 0.25) is 5.83 Å². The second-order valence-corrected chi connectivity index (χ2v) is 6.98. The Balaban J connectivity index is 3.35. The number of nitrogens with zero attached hydrogens (tertiary/aromatic N) is 3. The minimum absolute atomic E-state index is 0.00822. The van der Waals surface area contributed by atoms with E-state index in [-0.39, 0.29) is 23.4 Å². The summed E-state index contributed by atoms with van der Waals surface area (Å²) >= 11 is 0. The van der Waals surface area contributed by atoms with Crippen LogP contribution in [-0.2, 0) is 11.3 Å². The Kier molecular flexibility index (Phi) is 7.54. The molecule has 0 atom stereocenters. The highest BCUT2D eigenvalue weighted by Crippen LogP contribution is 2.27. The van der Waals surface area contributed by atoms with Crippen molar-refractivity contribution in [3.63, 3.8) is 0 Å². The van der Waals surface area contributed by atoms with Crippen LogP contribution in [-0.4, -0.2) is 33.5 Å². The third-order valence-corrected chi connectivity index (χ3v) is 3.43. The fourth-order valence-electron chi connectivity index (χ4n) is 2.22. The monoisotopic (exact) mass is 395 g/mol. The Morgan fingerprint density at radius 3 is 2.57 bits per heavy atom. The van der Waals surface area contributed by atoms with Gasteiger partial charge >= 0.3 is 11.8 Å². The van der Waals surface area contributed by atoms with Gasteiger partial charge in [-0.05, 0) is 33.8 Å². The van der Waals surface area contributed by atoms with E-state index < -0.39 is 34.0 Å². The second kappa shape index (κ2) is 9.20. The van der Waals surface area contributed by atoms with Crippen molar-refractivity contribution in [2.45, 2.75) is 39.8 Å². The molecule has 0 spiro atoms. The lowest BCUT2D eigenvalue weighted by Crippen LogP contribution is -2.34. The molecular weight excluding hydrogens is 372 g/mol. The number of amides is 1. The molecule has 0 fully saturated rings. The Bertz CT molecular complexity index is 842. The van der Waals surface area contributed by atoms with E-state index in [1.54, 1.807) is 20.8 Å². The topological polar surface area (TPSA) is 85.6 Å². The number of ether oxygens (including phenoxy) is 1. The van der Waals surface area contributed by atoms with Gasteiger partial charge in [-0.1, -0.05) is 12.7 Å². The number of aromatic nitrogens is 1. The van der Waals surface area contributed by atoms with Crippen molar-refractivity contribution in [1.82, 2.24) is 9.88 Å². The molecule has 1 amide bonds. The van der Waals surface area contributed by atoms with Gasteiger partial charge in [0.25, 0.3) is 0 Å². The highest BCUT2D eigenvalue weighted by Gasteiger charge is 2.24. The summed E-state index contributed by atoms with van der Waals surface area (Å²) in [6.45, 7) is 9.55. The SMILES string of the molecule is C=C/C=C(\C(F)=C(/C)c1ncc(F)cc1CN(C)C(=O)OC(C)(C)C)[N+](=O)[O-]. The van der Waals surface area contributed by atoms with E-state index in [2.05, 4.69) is 11.6 Å². The first-order valence-corrected chi connectivity index (χ1v) is 8.30. The van der Waals surface area contributed by atoms with Gasteiger partial charge in [-0.3, -0.25) is 15.1 Å². The quantitative estimate of drug-likeness (QED) is 0.398. The number of nitro groups is 1. The Hall–Kier alpha value is -3.10. The molecule has 0 aliphatic heterocycles. The van der Waals surface area contributed by atoms with E-state index in [0.717, 1.165) is 24.4 Å². The molecule has 0 aliphatic rings. The van der Waals surface area contributed by atoms with Gasteiger partial charge < -0.3 is 9.64 Å². The van der Waals surface area contributed by atoms with E-state index in [9.17, 15) is 23.7 Å². The van der Waals surface area contributed by atoms with Crippen LogP contribution in [0.1, 0.15) is 39.0 Å². The summed E-state index contributed by atoms with van der Waals surface area (Å²) in [6.07, 6.45) is 2.20. The van der Waals surface area contributed by atoms with E-state index in [0.29, 0.717) is 0 Å². The van der Waals surface area contributed by atoms with Gasteiger partial charge in [-0.15, -0.1) is 0 Å². The zero-order valence-corrected chi connectivity index (χ0v) is 16.5. The average molecular weight is 395 g/mol. The molecule has 9 heteroatoms. The molecule has 0 aliphatic carbocycles. The van der Waals surface area contributed by atoms with Gasteiger partial charge in [-0.25, -0.2) is 9.18 Å². The van der Waals surface area contributed by atoms with Crippen LogP contribution in [0.25, 0.3) is 5.57 Å². The number of allylic oxidation sites excluding steroid dienone is 4. The van der Waals surface area contributed by atoms with Crippen LogP contribution in [0.4, 0.5) is 13.6 Å². The van der Waals surface area contributed by atoms with E-state index in [1.807, 2.05) is 0 Å². The summed E-state index contributed by atoms with van der Waals surface area (Å²) in [6, 6.07) is 1.09. The molecule has 0 saturated heterocycles. The predicted octanol–water partition coefficient (Wildman–Crippen LogP) is 4.63. The zero-order valence-electron chi connectivity index (χ0n) is 16.5. The Morgan fingerprint density at radius 1 is 1.46 bits per heavy atom. The largest absolute Gasteiger partial charge is 0.444 e. The lowest BCUT2D eigenvalue weighted by atomic mass is 10.0. The fourth-order valence-corrected chi connectivity index (χ4v) is 2.22. The van der Waals surface area contributed by atoms with E-state index >= 15 is 0 Å². The van der Waals surface area contributed by atoms with Gasteiger partial charge in [0.05, 0.1) is 23.4 Å². The first kappa shape index (κ1) is 22.9. The molecule has 0 bridgehead atoms. The number of hydrogen-bond donors (Lipinski definition) is 0. The number of carbonyl (C=O) groups excluding carboxylic acids is 1. The average Bonchev–Trinajstić information content (AvgIpc) is 2.56. The first-order valence-electron chi connectivity index (χ1n) is 8.30. The van der Waals surface area contributed by atoms with Gasteiger partial charge in [0, 0.05) is 24.3 Å². The third-order valence-electron chi connectivity index (χ3n) is 3.43. The van der Waals surface area contributed by atoms with Crippen LogP contribution in [0.15, 0.2) is 42.5 Å². The van der Waals surface area contributed by atoms with E-state index in [1.165, 1.54) is 18.9 Å². The Labute approximate surface area is 162 Å². The molecule has 0 aromatic carbocycles. The molecule has 7 nitrogen and oxygen atoms in total. The fraction of sp³-hybridized carbons (Fsp3) is 0.368. The summed E-state index contributed by atoms with van der Waals surface area (Å²) < 4.78 is 33.6. The standard InChI is InChI=1S/C19H23F2N3O4/c1-7-8-15(24(26)27)16(21)12(2)17-13(9-14(20)10-22-17)11-23(6)18(25)28-19(3,4)5/h7-10H,1,11H2,2-6H3/b15-8+,16-12-. The maximum absolute atomic E-state index is 14.7. The molecule has 0 N–H and O–H groups in total. The molecule has 152 valence electrons. The van der Waals surface area contributed by atoms with E-state index in [4.69, 9.17) is 4.74 Å². The van der Waals surface area contributed by atoms with Crippen molar-refractivity contribution in [3.8, 4) is 0 Å². The van der Waals surface area contributed by atoms with Crippen LogP contribution < -0.4 is 0 Å². The molecule has 0 unspecified atom stereocenters. The molecule has 1 aromatic heterocycles. The van der Waals surface area contributed by atoms with Crippen LogP contribution in [0.2, 0.25) is 0 Å². The molecule has 0 saturated carbocycles. The maximum atomic E-state index is 14.7. The number of carbonyl (C=O) groups is 1. The highest BCUT2D eigenvalue weighted by atomic mass is 19.1. The highest BCUT2D eigenvalue weighted by molar-refractivity contribution is 5.70. The Morgan fingerprint density at radius 2 is 2.07 bits per heavy atom. The van der Waals surface area contributed by atoms with Crippen LogP contribution >= 0.6 is 0 Å². The molecular formula is C19H23F2N3O4. The van der Waals surface area contributed by atoms with Crippen molar-refractivity contribution >= 4 is 11.7 Å². The molecule has 1 aromatic rings. The second-order valence-electron chi connectivity index (χ2n) is 6.98. The van der Waals surface area contributed by atoms with Crippen LogP contribution in [0.3, 0.4) is 0 Å². The smallest absolute Gasteiger partial charge is 0.410 e. The molecule has 0 radical (unpaired) electrons. The summed E-state index contributed by atoms with van der Waals surface area (Å²) in [5.74, 6) is -1.83. The summed E-state index contributed by atoms with van der Waals surface area (Å²) in [7, 11) is 1.43. The maximum Gasteiger partial charge on any atom is 0.410 e. The van der Waals surface area contributed by atoms with Crippen molar-refractivity contribution in [2.75, 3.05) is 7.05 Å². The normalized spacial score (nSPS) is 12.9. The van der Waals surface area contributed by atoms with Gasteiger partial charge in [0.15, 0.2) is 0 Å². The van der Waals surface area contributed by atoms with Gasteiger partial charge in [0.1, 0.15) is 11.4 Å². The van der Waals surface area contributed by atoms with Crippen LogP contribution in [0, 0.1) is 15.9 Å². The summed E-state index contributed by atoms with van der Waals surface area (Å²) in [4.78, 5) is 27.4. The number of pyridine rings is 1. The third kappa shape index (κ3) is 6.26. The van der Waals surface area contributed by atoms with Crippen molar-refractivity contribution < 1.29 is 23.2 Å². The van der Waals surface area contributed by atoms with Crippen molar-refractivity contribution in [2.24, 2.45) is 0 Å². The molecule has 1 heterocycles. The first-order chi connectivity index (χ1) is 12.9. The summed E-state index contributed by atoms with van der Waals surface area (Å²) in [5.41, 5.74) is -1.54. The van der Waals surface area contributed by atoms with Crippen LogP contribution in [0.5, 0.6) is 0 Å². The predicted molar refractivity (Wildman–Crippen MR) is 101 cm³/mol. The number of hydrogen-bond acceptors (Lipinski definition) is 5. The van der Waals surface area contributed by atoms with Crippen molar-refractivity contribution in [3.05, 3.63) is 69.7 Å². The minimum atomic E-state index is -1.13. The van der Waals surface area contributed by atoms with Crippen molar-refractivity contribution in [1.29, 1.82) is 0 Å². The number of rotatable bonds is 6. The molecule has 1 rings (SSSR count). The lowest BCUT2D eigenvalue weighted by Gasteiger charge is -2.25. The zero-order chi connectivity index (χ0) is 21.6.